The van der Waals surface area contributed by atoms with Crippen molar-refractivity contribution in [3.05, 3.63) is 57.4 Å². The summed E-state index contributed by atoms with van der Waals surface area (Å²) in [5.74, 6) is -0.717. The normalized spacial score (nSPS) is 12.6. The van der Waals surface area contributed by atoms with Crippen LogP contribution in [-0.4, -0.2) is 28.9 Å². The molecule has 0 aliphatic carbocycles. The van der Waals surface area contributed by atoms with E-state index in [1.165, 1.54) is 34.8 Å². The van der Waals surface area contributed by atoms with E-state index in [1.807, 2.05) is 6.07 Å². The zero-order valence-corrected chi connectivity index (χ0v) is 17.0. The highest BCUT2D eigenvalue weighted by molar-refractivity contribution is 7.23. The van der Waals surface area contributed by atoms with E-state index in [-0.39, 0.29) is 24.6 Å². The second-order valence-electron chi connectivity index (χ2n) is 5.86. The molecule has 2 heterocycles. The number of nitrogens with zero attached hydrogens (tertiary/aromatic N) is 1. The number of ether oxygens (including phenoxy) is 1. The minimum atomic E-state index is -4.78. The van der Waals surface area contributed by atoms with Crippen LogP contribution >= 0.6 is 34.3 Å². The van der Waals surface area contributed by atoms with Crippen molar-refractivity contribution in [1.29, 1.82) is 0 Å². The Morgan fingerprint density at radius 1 is 1.24 bits per heavy atom. The maximum atomic E-state index is 12.2. The summed E-state index contributed by atoms with van der Waals surface area (Å²) in [6.45, 7) is -0.0875. The maximum absolute atomic E-state index is 12.2. The largest absolute Gasteiger partial charge is 0.573 e. The second kappa shape index (κ2) is 9.12. The monoisotopic (exact) mass is 462 g/mol. The number of halogens is 4. The zero-order valence-electron chi connectivity index (χ0n) is 14.6. The third-order valence-electron chi connectivity index (χ3n) is 3.67. The molecule has 11 heteroatoms. The average molecular weight is 463 g/mol. The van der Waals surface area contributed by atoms with E-state index in [4.69, 9.17) is 11.6 Å². The number of rotatable bonds is 7. The number of nitrogens with one attached hydrogen (secondary N) is 1. The third-order valence-corrected chi connectivity index (χ3v) is 5.96. The Labute approximate surface area is 176 Å². The summed E-state index contributed by atoms with van der Waals surface area (Å²) in [6, 6.07) is 8.44. The molecule has 3 rings (SSSR count). The summed E-state index contributed by atoms with van der Waals surface area (Å²) in [7, 11) is 0. The van der Waals surface area contributed by atoms with Crippen LogP contribution in [0.3, 0.4) is 0 Å². The predicted molar refractivity (Wildman–Crippen MR) is 105 cm³/mol. The van der Waals surface area contributed by atoms with Gasteiger partial charge in [0.2, 0.25) is 5.91 Å². The van der Waals surface area contributed by atoms with E-state index in [9.17, 15) is 23.1 Å². The summed E-state index contributed by atoms with van der Waals surface area (Å²) < 4.78 is 40.9. The summed E-state index contributed by atoms with van der Waals surface area (Å²) in [6.07, 6.45) is -5.81. The summed E-state index contributed by atoms with van der Waals surface area (Å²) >= 11 is 8.71. The van der Waals surface area contributed by atoms with Gasteiger partial charge in [-0.2, -0.15) is 0 Å². The molecule has 0 fully saturated rings. The Bertz CT molecular complexity index is 973. The Kier molecular flexibility index (Phi) is 6.78. The van der Waals surface area contributed by atoms with Crippen LogP contribution < -0.4 is 10.1 Å². The lowest BCUT2D eigenvalue weighted by Crippen LogP contribution is -2.29. The Balaban J connectivity index is 1.49. The van der Waals surface area contributed by atoms with E-state index >= 15 is 0 Å². The molecule has 0 aliphatic rings. The molecule has 29 heavy (non-hydrogen) atoms. The smallest absolute Gasteiger partial charge is 0.406 e. The number of hydrogen-bond donors (Lipinski definition) is 2. The van der Waals surface area contributed by atoms with Crippen molar-refractivity contribution in [2.24, 2.45) is 0 Å². The third kappa shape index (κ3) is 6.43. The van der Waals surface area contributed by atoms with E-state index in [0.717, 1.165) is 22.0 Å². The molecule has 0 aliphatic heterocycles. The molecule has 2 N–H and O–H groups in total. The van der Waals surface area contributed by atoms with Gasteiger partial charge in [0.15, 0.2) is 0 Å². The highest BCUT2D eigenvalue weighted by Gasteiger charge is 2.31. The van der Waals surface area contributed by atoms with Gasteiger partial charge in [0.05, 0.1) is 27.4 Å². The molecule has 0 saturated carbocycles. The van der Waals surface area contributed by atoms with Crippen molar-refractivity contribution in [2.75, 3.05) is 6.54 Å². The first-order valence-corrected chi connectivity index (χ1v) is 10.3. The van der Waals surface area contributed by atoms with Crippen molar-refractivity contribution in [1.82, 2.24) is 10.3 Å². The van der Waals surface area contributed by atoms with E-state index < -0.39 is 12.5 Å². The number of alkyl halides is 3. The van der Waals surface area contributed by atoms with E-state index in [1.54, 1.807) is 11.4 Å². The van der Waals surface area contributed by atoms with Crippen LogP contribution in [0.15, 0.2) is 41.8 Å². The van der Waals surface area contributed by atoms with Gasteiger partial charge in [-0.3, -0.25) is 4.79 Å². The first kappa shape index (κ1) is 21.6. The van der Waals surface area contributed by atoms with Crippen LogP contribution in [-0.2, 0) is 11.2 Å². The van der Waals surface area contributed by atoms with Gasteiger partial charge in [-0.1, -0.05) is 23.7 Å². The summed E-state index contributed by atoms with van der Waals surface area (Å²) in [4.78, 5) is 17.4. The number of amides is 1. The molecule has 2 aromatic heterocycles. The average Bonchev–Trinajstić information content (AvgIpc) is 3.28. The molecular formula is C18H14ClF3N2O3S2. The number of carbonyl (C=O) groups is 1. The van der Waals surface area contributed by atoms with Crippen molar-refractivity contribution in [2.45, 2.75) is 18.9 Å². The molecular weight excluding hydrogens is 449 g/mol. The molecule has 3 aromatic rings. The quantitative estimate of drug-likeness (QED) is 0.528. The highest BCUT2D eigenvalue weighted by atomic mass is 35.5. The van der Waals surface area contributed by atoms with Crippen molar-refractivity contribution < 1.29 is 27.8 Å². The van der Waals surface area contributed by atoms with Gasteiger partial charge in [0, 0.05) is 11.9 Å². The van der Waals surface area contributed by atoms with Crippen molar-refractivity contribution in [3.8, 4) is 15.6 Å². The maximum Gasteiger partial charge on any atom is 0.573 e. The highest BCUT2D eigenvalue weighted by Crippen LogP contribution is 2.33. The van der Waals surface area contributed by atoms with Gasteiger partial charge >= 0.3 is 6.36 Å². The molecule has 1 atom stereocenters. The lowest BCUT2D eigenvalue weighted by molar-refractivity contribution is -0.274. The van der Waals surface area contributed by atoms with Gasteiger partial charge in [-0.05, 0) is 29.8 Å². The van der Waals surface area contributed by atoms with Gasteiger partial charge in [-0.25, -0.2) is 4.98 Å². The Morgan fingerprint density at radius 2 is 1.97 bits per heavy atom. The molecule has 1 amide bonds. The lowest BCUT2D eigenvalue weighted by Gasteiger charge is -2.13. The number of thiophene rings is 1. The Hall–Kier alpha value is -2.14. The number of aliphatic hydroxyl groups excluding tert-OH is 1. The van der Waals surface area contributed by atoms with Crippen LogP contribution in [0.2, 0.25) is 4.34 Å². The van der Waals surface area contributed by atoms with Crippen LogP contribution in [0.5, 0.6) is 5.75 Å². The molecule has 0 spiro atoms. The van der Waals surface area contributed by atoms with Crippen molar-refractivity contribution in [3.63, 3.8) is 0 Å². The number of carbonyl (C=O) groups excluding carboxylic acids is 1. The van der Waals surface area contributed by atoms with Gasteiger partial charge in [0.25, 0.3) is 0 Å². The minimum Gasteiger partial charge on any atom is -0.406 e. The number of aromatic nitrogens is 1. The number of hydrogen-bond acceptors (Lipinski definition) is 6. The standard InChI is InChI=1S/C18H14ClF3N2O3S2/c19-15-6-5-14(29-15)17-24-11(9-28-17)7-16(26)23-8-13(25)10-1-3-12(4-2-10)27-18(20,21)22/h1-6,9,13,25H,7-8H2,(H,23,26). The topological polar surface area (TPSA) is 71.5 Å². The van der Waals surface area contributed by atoms with Crippen LogP contribution in [0, 0.1) is 0 Å². The van der Waals surface area contributed by atoms with Gasteiger partial charge in [0.1, 0.15) is 10.8 Å². The first-order chi connectivity index (χ1) is 13.7. The lowest BCUT2D eigenvalue weighted by atomic mass is 10.1. The SMILES string of the molecule is O=C(Cc1csc(-c2ccc(Cl)s2)n1)NCC(O)c1ccc(OC(F)(F)F)cc1. The van der Waals surface area contributed by atoms with Crippen LogP contribution in [0.4, 0.5) is 13.2 Å². The van der Waals surface area contributed by atoms with Gasteiger partial charge in [-0.15, -0.1) is 35.8 Å². The van der Waals surface area contributed by atoms with E-state index in [2.05, 4.69) is 15.0 Å². The predicted octanol–water partition coefficient (Wildman–Crippen LogP) is 4.82. The minimum absolute atomic E-state index is 0.0423. The first-order valence-electron chi connectivity index (χ1n) is 8.20. The number of aliphatic hydroxyl groups is 1. The van der Waals surface area contributed by atoms with Crippen LogP contribution in [0.25, 0.3) is 9.88 Å². The fourth-order valence-electron chi connectivity index (χ4n) is 2.38. The zero-order chi connectivity index (χ0) is 21.0. The fourth-order valence-corrected chi connectivity index (χ4v) is 4.31. The molecule has 1 aromatic carbocycles. The summed E-state index contributed by atoms with van der Waals surface area (Å²) in [5.41, 5.74) is 0.945. The number of benzene rings is 1. The molecule has 154 valence electrons. The van der Waals surface area contributed by atoms with Crippen molar-refractivity contribution >= 4 is 40.2 Å². The summed E-state index contributed by atoms with van der Waals surface area (Å²) in [5, 5.41) is 15.2. The van der Waals surface area contributed by atoms with Gasteiger partial charge < -0.3 is 15.2 Å². The molecule has 1 unspecified atom stereocenters. The molecule has 5 nitrogen and oxygen atoms in total. The van der Waals surface area contributed by atoms with Crippen LogP contribution in [0.1, 0.15) is 17.4 Å². The fraction of sp³-hybridized carbons (Fsp3) is 0.222. The number of thiazole rings is 1. The second-order valence-corrected chi connectivity index (χ2v) is 8.43. The molecule has 0 bridgehead atoms. The molecule has 0 radical (unpaired) electrons. The molecule has 0 saturated heterocycles. The van der Waals surface area contributed by atoms with E-state index in [0.29, 0.717) is 15.6 Å². The Morgan fingerprint density at radius 3 is 2.59 bits per heavy atom.